The van der Waals surface area contributed by atoms with Crippen LogP contribution in [0.3, 0.4) is 0 Å². The van der Waals surface area contributed by atoms with Gasteiger partial charge in [-0.05, 0) is 70.6 Å². The molecule has 0 aromatic carbocycles. The number of aliphatic hydroxyl groups is 2. The van der Waals surface area contributed by atoms with Gasteiger partial charge in [0.1, 0.15) is 6.10 Å². The number of ether oxygens (including phenoxy) is 1. The maximum Gasteiger partial charge on any atom is 0.306 e. The molecule has 0 aliphatic rings. The van der Waals surface area contributed by atoms with E-state index in [2.05, 4.69) is 86.8 Å². The maximum atomic E-state index is 13.2. The van der Waals surface area contributed by atoms with E-state index in [1.54, 1.807) is 0 Å². The molecular weight excluding hydrogens is 779 g/mol. The summed E-state index contributed by atoms with van der Waals surface area (Å²) in [6, 6.07) is -0.712. The standard InChI is InChI=1S/C57H103NO5/c1-4-7-10-13-16-19-21-23-25-27-29-31-33-35-38-41-44-47-50-57(62)63-53(48-45-42-39-36-18-15-12-9-6-3)51-56(61)58-54(52-59)55(60)49-46-43-40-37-34-32-30-28-26-24-22-20-17-14-11-8-5-2/h15-16,18-19,21,23,25,27,29,31,53-55,59-60H,4-14,17,20,22,24,26,28,30,32-52H2,1-3H3,(H,58,61)/b18-15-,19-16+,23-21+,27-25+,31-29+. The number of unbranched alkanes of at least 4 members (excludes halogenated alkanes) is 29. The van der Waals surface area contributed by atoms with Crippen molar-refractivity contribution < 1.29 is 24.5 Å². The van der Waals surface area contributed by atoms with Gasteiger partial charge in [0.05, 0.1) is 25.2 Å². The minimum absolute atomic E-state index is 0.0557. The molecular formula is C57H103NO5. The summed E-state index contributed by atoms with van der Waals surface area (Å²) in [6.45, 7) is 6.40. The van der Waals surface area contributed by atoms with Crippen LogP contribution in [-0.4, -0.2) is 46.9 Å². The van der Waals surface area contributed by atoms with Gasteiger partial charge in [0, 0.05) is 6.42 Å². The molecule has 366 valence electrons. The van der Waals surface area contributed by atoms with Crippen molar-refractivity contribution in [3.63, 3.8) is 0 Å². The number of esters is 1. The topological polar surface area (TPSA) is 95.9 Å². The lowest BCUT2D eigenvalue weighted by Gasteiger charge is -2.24. The molecule has 0 heterocycles. The van der Waals surface area contributed by atoms with Crippen LogP contribution in [0.5, 0.6) is 0 Å². The molecule has 0 aromatic rings. The largest absolute Gasteiger partial charge is 0.462 e. The van der Waals surface area contributed by atoms with Gasteiger partial charge in [-0.15, -0.1) is 0 Å². The summed E-state index contributed by atoms with van der Waals surface area (Å²) in [4.78, 5) is 26.1. The van der Waals surface area contributed by atoms with Gasteiger partial charge >= 0.3 is 5.97 Å². The molecule has 0 aliphatic carbocycles. The average molecular weight is 882 g/mol. The molecule has 0 fully saturated rings. The van der Waals surface area contributed by atoms with Crippen LogP contribution >= 0.6 is 0 Å². The minimum atomic E-state index is -0.797. The molecule has 0 bridgehead atoms. The molecule has 0 spiro atoms. The first-order valence-electron chi connectivity index (χ1n) is 27.1. The second-order valence-corrected chi connectivity index (χ2v) is 18.4. The van der Waals surface area contributed by atoms with E-state index in [9.17, 15) is 19.8 Å². The van der Waals surface area contributed by atoms with Crippen LogP contribution in [0.1, 0.15) is 265 Å². The molecule has 6 nitrogen and oxygen atoms in total. The lowest BCUT2D eigenvalue weighted by molar-refractivity contribution is -0.151. The average Bonchev–Trinajstić information content (AvgIpc) is 3.28. The predicted octanol–water partition coefficient (Wildman–Crippen LogP) is 16.4. The second-order valence-electron chi connectivity index (χ2n) is 18.4. The van der Waals surface area contributed by atoms with Gasteiger partial charge in [0.15, 0.2) is 0 Å². The Morgan fingerprint density at radius 3 is 1.37 bits per heavy atom. The Balaban J connectivity index is 4.46. The first kappa shape index (κ1) is 60.6. The predicted molar refractivity (Wildman–Crippen MR) is 273 cm³/mol. The van der Waals surface area contributed by atoms with E-state index in [-0.39, 0.29) is 24.9 Å². The number of carbonyl (C=O) groups excluding carboxylic acids is 2. The van der Waals surface area contributed by atoms with Gasteiger partial charge in [-0.2, -0.15) is 0 Å². The third-order valence-electron chi connectivity index (χ3n) is 12.2. The van der Waals surface area contributed by atoms with Crippen LogP contribution < -0.4 is 5.32 Å². The highest BCUT2D eigenvalue weighted by Crippen LogP contribution is 2.18. The molecule has 63 heavy (non-hydrogen) atoms. The molecule has 3 atom stereocenters. The molecule has 0 saturated heterocycles. The molecule has 0 aliphatic heterocycles. The highest BCUT2D eigenvalue weighted by atomic mass is 16.5. The van der Waals surface area contributed by atoms with Crippen LogP contribution in [0.4, 0.5) is 0 Å². The number of hydrogen-bond acceptors (Lipinski definition) is 5. The van der Waals surface area contributed by atoms with E-state index in [4.69, 9.17) is 4.74 Å². The fourth-order valence-corrected chi connectivity index (χ4v) is 8.01. The third kappa shape index (κ3) is 45.9. The first-order valence-corrected chi connectivity index (χ1v) is 27.1. The number of allylic oxidation sites excluding steroid dienone is 10. The van der Waals surface area contributed by atoms with E-state index in [0.717, 1.165) is 96.3 Å². The highest BCUT2D eigenvalue weighted by molar-refractivity contribution is 5.77. The van der Waals surface area contributed by atoms with E-state index in [0.29, 0.717) is 19.3 Å². The van der Waals surface area contributed by atoms with Crippen molar-refractivity contribution in [3.8, 4) is 0 Å². The second kappa shape index (κ2) is 50.6. The minimum Gasteiger partial charge on any atom is -0.462 e. The monoisotopic (exact) mass is 882 g/mol. The van der Waals surface area contributed by atoms with E-state index >= 15 is 0 Å². The number of nitrogens with one attached hydrogen (secondary N) is 1. The molecule has 0 aromatic heterocycles. The fourth-order valence-electron chi connectivity index (χ4n) is 8.01. The van der Waals surface area contributed by atoms with E-state index in [1.165, 1.54) is 122 Å². The van der Waals surface area contributed by atoms with Crippen LogP contribution in [0, 0.1) is 0 Å². The molecule has 0 rings (SSSR count). The Hall–Kier alpha value is -2.44. The Kier molecular flexibility index (Phi) is 48.6. The fraction of sp³-hybridized carbons (Fsp3) is 0.789. The zero-order valence-corrected chi connectivity index (χ0v) is 41.7. The number of rotatable bonds is 48. The van der Waals surface area contributed by atoms with Crippen molar-refractivity contribution in [2.75, 3.05) is 6.61 Å². The Bertz CT molecular complexity index is 1130. The maximum absolute atomic E-state index is 13.2. The molecule has 0 saturated carbocycles. The van der Waals surface area contributed by atoms with Gasteiger partial charge in [0.2, 0.25) is 5.91 Å². The molecule has 0 radical (unpaired) electrons. The summed E-state index contributed by atoms with van der Waals surface area (Å²) in [7, 11) is 0. The van der Waals surface area contributed by atoms with Crippen LogP contribution in [0.15, 0.2) is 60.8 Å². The molecule has 6 heteroatoms. The number of hydrogen-bond donors (Lipinski definition) is 3. The first-order chi connectivity index (χ1) is 31.0. The molecule has 1 amide bonds. The highest BCUT2D eigenvalue weighted by Gasteiger charge is 2.24. The Labute approximate surface area is 390 Å². The SMILES string of the molecule is CCCC/C=C\CCCCCC(CC(=O)NC(CO)C(O)CCCCCCCCCCCCCCCCCCC)OC(=O)CCCCCCC/C=C/C=C/C=C/C=C/CCCCC. The summed E-state index contributed by atoms with van der Waals surface area (Å²) in [5, 5.41) is 23.8. The van der Waals surface area contributed by atoms with Crippen LogP contribution in [0.2, 0.25) is 0 Å². The van der Waals surface area contributed by atoms with Crippen molar-refractivity contribution >= 4 is 11.9 Å². The summed E-state index contributed by atoms with van der Waals surface area (Å²) in [6.07, 6.45) is 62.9. The Morgan fingerprint density at radius 2 is 0.841 bits per heavy atom. The van der Waals surface area contributed by atoms with Gasteiger partial charge < -0.3 is 20.3 Å². The smallest absolute Gasteiger partial charge is 0.306 e. The summed E-state index contributed by atoms with van der Waals surface area (Å²) < 4.78 is 5.91. The zero-order valence-electron chi connectivity index (χ0n) is 41.7. The number of carbonyl (C=O) groups is 2. The lowest BCUT2D eigenvalue weighted by atomic mass is 10.0. The number of aliphatic hydroxyl groups excluding tert-OH is 2. The van der Waals surface area contributed by atoms with E-state index < -0.39 is 18.2 Å². The summed E-state index contributed by atoms with van der Waals surface area (Å²) >= 11 is 0. The van der Waals surface area contributed by atoms with Crippen LogP contribution in [0.25, 0.3) is 0 Å². The third-order valence-corrected chi connectivity index (χ3v) is 12.2. The summed E-state index contributed by atoms with van der Waals surface area (Å²) in [5.74, 6) is -0.515. The van der Waals surface area contributed by atoms with Gasteiger partial charge in [-0.3, -0.25) is 9.59 Å². The number of amides is 1. The molecule has 3 unspecified atom stereocenters. The van der Waals surface area contributed by atoms with Gasteiger partial charge in [-0.1, -0.05) is 242 Å². The van der Waals surface area contributed by atoms with Gasteiger partial charge in [-0.25, -0.2) is 0 Å². The normalized spacial score (nSPS) is 13.7. The van der Waals surface area contributed by atoms with Crippen LogP contribution in [-0.2, 0) is 14.3 Å². The quantitative estimate of drug-likeness (QED) is 0.0245. The van der Waals surface area contributed by atoms with E-state index in [1.807, 2.05) is 0 Å². The summed E-state index contributed by atoms with van der Waals surface area (Å²) in [5.41, 5.74) is 0. The Morgan fingerprint density at radius 1 is 0.460 bits per heavy atom. The lowest BCUT2D eigenvalue weighted by Crippen LogP contribution is -2.46. The van der Waals surface area contributed by atoms with Gasteiger partial charge in [0.25, 0.3) is 0 Å². The van der Waals surface area contributed by atoms with Crippen molar-refractivity contribution in [2.45, 2.75) is 283 Å². The van der Waals surface area contributed by atoms with Crippen molar-refractivity contribution in [1.82, 2.24) is 5.32 Å². The van der Waals surface area contributed by atoms with Crippen molar-refractivity contribution in [1.29, 1.82) is 0 Å². The van der Waals surface area contributed by atoms with Crippen molar-refractivity contribution in [3.05, 3.63) is 60.8 Å². The molecule has 3 N–H and O–H groups in total. The zero-order chi connectivity index (χ0) is 45.9. The van der Waals surface area contributed by atoms with Crippen molar-refractivity contribution in [2.24, 2.45) is 0 Å².